The van der Waals surface area contributed by atoms with E-state index in [0.717, 1.165) is 6.42 Å². The summed E-state index contributed by atoms with van der Waals surface area (Å²) in [6, 6.07) is -4.57. The maximum atomic E-state index is 12.8. The molecule has 0 heterocycles. The summed E-state index contributed by atoms with van der Waals surface area (Å²) in [7, 11) is 0. The molecule has 5 atom stereocenters. The van der Waals surface area contributed by atoms with Crippen LogP contribution < -0.4 is 33.2 Å². The standard InChI is InChI=1S/C19H38N6O6S/c1-11(26)15(18(29)24-14(10-32)19(30)31)25-17(28)13(7-3-5-9-21)23-16(27)12(22)6-2-4-8-20/h11-15,26,32H,2-10,20-22H2,1H3,(H,23,27)(H,24,29)(H,25,28)(H,30,31)/t11-,12+,13+,14+,15+/m1/s1. The first kappa shape index (κ1) is 30.1. The molecule has 0 saturated heterocycles. The fourth-order valence-corrected chi connectivity index (χ4v) is 3.03. The van der Waals surface area contributed by atoms with Gasteiger partial charge in [-0.3, -0.25) is 14.4 Å². The monoisotopic (exact) mass is 478 g/mol. The van der Waals surface area contributed by atoms with Crippen LogP contribution in [-0.4, -0.2) is 83.0 Å². The number of carboxylic acids is 1. The quantitative estimate of drug-likeness (QED) is 0.0789. The summed E-state index contributed by atoms with van der Waals surface area (Å²) >= 11 is 3.87. The van der Waals surface area contributed by atoms with Crippen LogP contribution >= 0.6 is 12.6 Å². The van der Waals surface area contributed by atoms with Crippen molar-refractivity contribution >= 4 is 36.3 Å². The maximum absolute atomic E-state index is 12.8. The van der Waals surface area contributed by atoms with Crippen LogP contribution in [0.25, 0.3) is 0 Å². The molecule has 0 aromatic rings. The average molecular weight is 479 g/mol. The Morgan fingerprint density at radius 1 is 0.844 bits per heavy atom. The number of aliphatic hydroxyl groups is 1. The normalized spacial score (nSPS) is 15.7. The van der Waals surface area contributed by atoms with Crippen LogP contribution in [-0.2, 0) is 19.2 Å². The number of thiol groups is 1. The molecule has 0 aliphatic carbocycles. The lowest BCUT2D eigenvalue weighted by molar-refractivity contribution is -0.142. The highest BCUT2D eigenvalue weighted by Gasteiger charge is 2.32. The Kier molecular flexibility index (Phi) is 15.7. The number of aliphatic hydroxyl groups excluding tert-OH is 1. The zero-order valence-corrected chi connectivity index (χ0v) is 19.4. The number of carbonyl (C=O) groups is 4. The van der Waals surface area contributed by atoms with Gasteiger partial charge in [0.2, 0.25) is 17.7 Å². The minimum Gasteiger partial charge on any atom is -0.480 e. The Balaban J connectivity index is 5.26. The molecule has 0 saturated carbocycles. The van der Waals surface area contributed by atoms with E-state index < -0.39 is 54.0 Å². The van der Waals surface area contributed by atoms with Crippen LogP contribution in [0.1, 0.15) is 45.4 Å². The fourth-order valence-electron chi connectivity index (χ4n) is 2.79. The second-order valence-electron chi connectivity index (χ2n) is 7.55. The number of unbranched alkanes of at least 4 members (excludes halogenated alkanes) is 2. The molecule has 0 rings (SSSR count). The molecular formula is C19H38N6O6S. The van der Waals surface area contributed by atoms with Gasteiger partial charge in [-0.15, -0.1) is 0 Å². The van der Waals surface area contributed by atoms with Gasteiger partial charge < -0.3 is 43.4 Å². The van der Waals surface area contributed by atoms with Gasteiger partial charge in [-0.1, -0.05) is 6.42 Å². The first-order valence-corrected chi connectivity index (χ1v) is 11.3. The molecule has 0 unspecified atom stereocenters. The third kappa shape index (κ3) is 11.6. The van der Waals surface area contributed by atoms with E-state index in [1.807, 2.05) is 0 Å². The maximum Gasteiger partial charge on any atom is 0.327 e. The van der Waals surface area contributed by atoms with Gasteiger partial charge in [-0.25, -0.2) is 4.79 Å². The van der Waals surface area contributed by atoms with E-state index in [-0.39, 0.29) is 12.2 Å². The average Bonchev–Trinajstić information content (AvgIpc) is 2.74. The van der Waals surface area contributed by atoms with Crippen molar-refractivity contribution in [1.82, 2.24) is 16.0 Å². The molecule has 0 bridgehead atoms. The smallest absolute Gasteiger partial charge is 0.327 e. The predicted molar refractivity (Wildman–Crippen MR) is 123 cm³/mol. The van der Waals surface area contributed by atoms with Crippen LogP contribution in [0.5, 0.6) is 0 Å². The van der Waals surface area contributed by atoms with Crippen LogP contribution in [0.2, 0.25) is 0 Å². The van der Waals surface area contributed by atoms with Crippen molar-refractivity contribution in [3.63, 3.8) is 0 Å². The third-order valence-electron chi connectivity index (χ3n) is 4.75. The van der Waals surface area contributed by atoms with Crippen LogP contribution in [0.4, 0.5) is 0 Å². The number of rotatable bonds is 17. The number of carboxylic acid groups (broad SMARTS) is 1. The second kappa shape index (κ2) is 16.7. The molecule has 0 radical (unpaired) electrons. The SMILES string of the molecule is C[C@@H](O)[C@H](NC(=O)[C@H](CCCCN)NC(=O)[C@@H](N)CCCCN)C(=O)N[C@@H](CS)C(=O)O. The lowest BCUT2D eigenvalue weighted by atomic mass is 10.0. The molecular weight excluding hydrogens is 440 g/mol. The summed E-state index contributed by atoms with van der Waals surface area (Å²) < 4.78 is 0. The molecule has 0 aromatic heterocycles. The first-order valence-electron chi connectivity index (χ1n) is 10.7. The Bertz CT molecular complexity index is 609. The summed E-state index contributed by atoms with van der Waals surface area (Å²) in [5, 5.41) is 26.2. The van der Waals surface area contributed by atoms with Crippen LogP contribution in [0.3, 0.4) is 0 Å². The summed E-state index contributed by atoms with van der Waals surface area (Å²) in [4.78, 5) is 48.8. The molecule has 0 aliphatic heterocycles. The van der Waals surface area contributed by atoms with E-state index in [1.165, 1.54) is 6.92 Å². The number of carbonyl (C=O) groups excluding carboxylic acids is 3. The van der Waals surface area contributed by atoms with Crippen molar-refractivity contribution in [1.29, 1.82) is 0 Å². The van der Waals surface area contributed by atoms with E-state index >= 15 is 0 Å². The molecule has 0 aromatic carbocycles. The second-order valence-corrected chi connectivity index (χ2v) is 7.91. The molecule has 32 heavy (non-hydrogen) atoms. The van der Waals surface area contributed by atoms with Crippen molar-refractivity contribution in [3.05, 3.63) is 0 Å². The van der Waals surface area contributed by atoms with Crippen molar-refractivity contribution in [2.24, 2.45) is 17.2 Å². The number of hydrogen-bond acceptors (Lipinski definition) is 9. The van der Waals surface area contributed by atoms with Gasteiger partial charge in [0.1, 0.15) is 18.1 Å². The lowest BCUT2D eigenvalue weighted by Crippen LogP contribution is -2.60. The van der Waals surface area contributed by atoms with E-state index in [4.69, 9.17) is 22.3 Å². The Hall–Kier alpha value is -1.93. The molecule has 3 amide bonds. The number of amides is 3. The van der Waals surface area contributed by atoms with Gasteiger partial charge >= 0.3 is 5.97 Å². The van der Waals surface area contributed by atoms with E-state index in [0.29, 0.717) is 38.8 Å². The zero-order chi connectivity index (χ0) is 24.7. The van der Waals surface area contributed by atoms with Crippen LogP contribution in [0.15, 0.2) is 0 Å². The number of hydrogen-bond donors (Lipinski definition) is 9. The van der Waals surface area contributed by atoms with Crippen molar-refractivity contribution < 1.29 is 29.4 Å². The molecule has 12 nitrogen and oxygen atoms in total. The van der Waals surface area contributed by atoms with Gasteiger partial charge in [0.05, 0.1) is 12.1 Å². The lowest BCUT2D eigenvalue weighted by Gasteiger charge is -2.26. The summed E-state index contributed by atoms with van der Waals surface area (Å²) in [5.41, 5.74) is 16.8. The topological polar surface area (TPSA) is 223 Å². The number of aliphatic carboxylic acids is 1. The van der Waals surface area contributed by atoms with Crippen molar-refractivity contribution in [2.45, 2.75) is 75.7 Å². The molecule has 13 heteroatoms. The predicted octanol–water partition coefficient (Wildman–Crippen LogP) is -2.58. The first-order chi connectivity index (χ1) is 15.1. The Morgan fingerprint density at radius 3 is 1.84 bits per heavy atom. The minimum absolute atomic E-state index is 0.179. The molecule has 11 N–H and O–H groups in total. The fraction of sp³-hybridized carbons (Fsp3) is 0.789. The van der Waals surface area contributed by atoms with Gasteiger partial charge in [0.15, 0.2) is 0 Å². The Labute approximate surface area is 193 Å². The molecule has 0 fully saturated rings. The summed E-state index contributed by atoms with van der Waals surface area (Å²) in [6.07, 6.45) is 1.85. The zero-order valence-electron chi connectivity index (χ0n) is 18.5. The van der Waals surface area contributed by atoms with Crippen molar-refractivity contribution in [2.75, 3.05) is 18.8 Å². The molecule has 0 aliphatic rings. The van der Waals surface area contributed by atoms with Crippen LogP contribution in [0, 0.1) is 0 Å². The van der Waals surface area contributed by atoms with Crippen molar-refractivity contribution in [3.8, 4) is 0 Å². The highest BCUT2D eigenvalue weighted by molar-refractivity contribution is 7.80. The number of nitrogens with two attached hydrogens (primary N) is 3. The van der Waals surface area contributed by atoms with Gasteiger partial charge in [-0.2, -0.15) is 12.6 Å². The van der Waals surface area contributed by atoms with E-state index in [1.54, 1.807) is 0 Å². The largest absolute Gasteiger partial charge is 0.480 e. The highest BCUT2D eigenvalue weighted by Crippen LogP contribution is 2.06. The summed E-state index contributed by atoms with van der Waals surface area (Å²) in [6.45, 7) is 2.16. The van der Waals surface area contributed by atoms with Gasteiger partial charge in [0.25, 0.3) is 0 Å². The highest BCUT2D eigenvalue weighted by atomic mass is 32.1. The molecule has 0 spiro atoms. The molecule has 186 valence electrons. The van der Waals surface area contributed by atoms with E-state index in [9.17, 15) is 24.3 Å². The summed E-state index contributed by atoms with van der Waals surface area (Å²) in [5.74, 6) is -3.60. The van der Waals surface area contributed by atoms with Gasteiger partial charge in [-0.05, 0) is 52.1 Å². The Morgan fingerprint density at radius 2 is 1.38 bits per heavy atom. The third-order valence-corrected chi connectivity index (χ3v) is 5.11. The minimum atomic E-state index is -1.43. The van der Waals surface area contributed by atoms with E-state index in [2.05, 4.69) is 28.6 Å². The van der Waals surface area contributed by atoms with Gasteiger partial charge in [0, 0.05) is 5.75 Å². The number of nitrogens with one attached hydrogen (secondary N) is 3.